The van der Waals surface area contributed by atoms with Crippen molar-refractivity contribution in [1.29, 1.82) is 0 Å². The Bertz CT molecular complexity index is 168. The van der Waals surface area contributed by atoms with E-state index in [1.807, 2.05) is 0 Å². The predicted octanol–water partition coefficient (Wildman–Crippen LogP) is 5.37. The molecule has 0 aliphatic heterocycles. The number of aliphatic carboxylic acids is 1. The molecule has 0 rings (SSSR count). The molecule has 0 aliphatic rings. The van der Waals surface area contributed by atoms with Crippen LogP contribution in [0.3, 0.4) is 0 Å². The summed E-state index contributed by atoms with van der Waals surface area (Å²) < 4.78 is 1.50. The van der Waals surface area contributed by atoms with E-state index < -0.39 is 5.97 Å². The van der Waals surface area contributed by atoms with E-state index in [4.69, 9.17) is 5.11 Å². The van der Waals surface area contributed by atoms with Crippen LogP contribution in [0.5, 0.6) is 0 Å². The minimum absolute atomic E-state index is 0.341. The molecule has 0 saturated carbocycles. The molecule has 0 amide bonds. The second-order valence-electron chi connectivity index (χ2n) is 5.33. The summed E-state index contributed by atoms with van der Waals surface area (Å²) in [6.07, 6.45) is 14.4. The predicted molar refractivity (Wildman–Crippen MR) is 84.9 cm³/mol. The molecule has 0 aromatic rings. The number of unbranched alkanes of at least 4 members (excludes halogenated alkanes) is 9. The van der Waals surface area contributed by atoms with Crippen LogP contribution in [0.2, 0.25) is 3.67 Å². The van der Waals surface area contributed by atoms with Crippen molar-refractivity contribution in [3.63, 3.8) is 0 Å². The Kier molecular flexibility index (Phi) is 23.8. The minimum atomic E-state index is -0.663. The van der Waals surface area contributed by atoms with Gasteiger partial charge in [0.15, 0.2) is 0 Å². The van der Waals surface area contributed by atoms with Crippen molar-refractivity contribution in [2.24, 2.45) is 0 Å². The van der Waals surface area contributed by atoms with Crippen LogP contribution < -0.4 is 0 Å². The van der Waals surface area contributed by atoms with Gasteiger partial charge in [-0.05, 0) is 6.42 Å². The van der Waals surface area contributed by atoms with Crippen LogP contribution in [0.25, 0.3) is 0 Å². The topological polar surface area (TPSA) is 37.3 Å². The third-order valence-corrected chi connectivity index (χ3v) is 3.91. The van der Waals surface area contributed by atoms with Crippen molar-refractivity contribution in [2.75, 3.05) is 0 Å². The van der Waals surface area contributed by atoms with Gasteiger partial charge >= 0.3 is 70.2 Å². The van der Waals surface area contributed by atoms with Crippen LogP contribution in [0, 0.1) is 0 Å². The Hall–Kier alpha value is 0.470. The van der Waals surface area contributed by atoms with E-state index in [1.165, 1.54) is 89.4 Å². The van der Waals surface area contributed by atoms with Gasteiger partial charge in [-0.2, -0.15) is 0 Å². The standard InChI is InChI=1S/C10H20O2.C6H13.Na/c1-2-3-4-5-6-7-8-9-10(11)12;1-3-5-6-4-2;/h2-9H2,1H3,(H,11,12);1,3-6H2,2H3;. The van der Waals surface area contributed by atoms with Crippen molar-refractivity contribution in [3.8, 4) is 0 Å². The molecule has 19 heavy (non-hydrogen) atoms. The zero-order valence-electron chi connectivity index (χ0n) is 13.5. The summed E-state index contributed by atoms with van der Waals surface area (Å²) in [7, 11) is 0. The summed E-state index contributed by atoms with van der Waals surface area (Å²) in [5, 5.41) is 8.35. The van der Waals surface area contributed by atoms with Crippen molar-refractivity contribution < 1.29 is 9.90 Å². The molecule has 0 atom stereocenters. The van der Waals surface area contributed by atoms with Crippen LogP contribution >= 0.6 is 0 Å². The summed E-state index contributed by atoms with van der Waals surface area (Å²) in [6, 6.07) is 0. The Balaban J connectivity index is 0. The first-order chi connectivity index (χ1) is 9.18. The summed E-state index contributed by atoms with van der Waals surface area (Å²) in [4.78, 5) is 10.1. The third kappa shape index (κ3) is 27.6. The number of carboxylic acid groups (broad SMARTS) is 1. The Morgan fingerprint density at radius 3 is 1.63 bits per heavy atom. The molecule has 3 heteroatoms. The van der Waals surface area contributed by atoms with Gasteiger partial charge in [-0.1, -0.05) is 45.4 Å². The van der Waals surface area contributed by atoms with E-state index in [0.717, 1.165) is 12.8 Å². The molecule has 0 radical (unpaired) electrons. The van der Waals surface area contributed by atoms with Gasteiger partial charge in [0.1, 0.15) is 0 Å². The quantitative estimate of drug-likeness (QED) is 0.385. The number of hydrogen-bond acceptors (Lipinski definition) is 1. The number of hydrogen-bond donors (Lipinski definition) is 1. The Morgan fingerprint density at radius 2 is 1.21 bits per heavy atom. The van der Waals surface area contributed by atoms with Crippen molar-refractivity contribution >= 4 is 33.9 Å². The fraction of sp³-hybridized carbons (Fsp3) is 0.938. The van der Waals surface area contributed by atoms with E-state index in [-0.39, 0.29) is 0 Å². The molecule has 0 bridgehead atoms. The molecular weight excluding hydrogens is 247 g/mol. The Labute approximate surface area is 138 Å². The van der Waals surface area contributed by atoms with Crippen LogP contribution in [-0.4, -0.2) is 39.0 Å². The molecule has 0 aromatic carbocycles. The van der Waals surface area contributed by atoms with Crippen LogP contribution in [0.4, 0.5) is 0 Å². The molecule has 2 nitrogen and oxygen atoms in total. The number of carboxylic acids is 1. The first-order valence-corrected chi connectivity index (χ1v) is 9.82. The van der Waals surface area contributed by atoms with Crippen molar-refractivity contribution in [1.82, 2.24) is 0 Å². The maximum atomic E-state index is 10.1. The molecule has 0 unspecified atom stereocenters. The Morgan fingerprint density at radius 1 is 0.789 bits per heavy atom. The first kappa shape index (κ1) is 21.8. The van der Waals surface area contributed by atoms with Gasteiger partial charge < -0.3 is 5.11 Å². The average molecular weight is 280 g/mol. The van der Waals surface area contributed by atoms with Gasteiger partial charge in [-0.25, -0.2) is 0 Å². The molecule has 0 aromatic heterocycles. The summed E-state index contributed by atoms with van der Waals surface area (Å²) in [5.74, 6) is -0.663. The fourth-order valence-electron chi connectivity index (χ4n) is 1.91. The van der Waals surface area contributed by atoms with Gasteiger partial charge in [-0.15, -0.1) is 0 Å². The van der Waals surface area contributed by atoms with Gasteiger partial charge in [0.25, 0.3) is 0 Å². The second-order valence-corrected chi connectivity index (χ2v) is 6.33. The second kappa shape index (κ2) is 20.8. The van der Waals surface area contributed by atoms with E-state index in [9.17, 15) is 4.79 Å². The molecule has 1 N–H and O–H groups in total. The molecule has 0 aliphatic carbocycles. The van der Waals surface area contributed by atoms with Crippen molar-refractivity contribution in [2.45, 2.75) is 94.6 Å². The molecule has 110 valence electrons. The molecule has 0 spiro atoms. The zero-order chi connectivity index (χ0) is 14.8. The van der Waals surface area contributed by atoms with Crippen LogP contribution in [0.15, 0.2) is 0 Å². The van der Waals surface area contributed by atoms with Gasteiger partial charge in [-0.3, -0.25) is 4.79 Å². The van der Waals surface area contributed by atoms with E-state index in [1.54, 1.807) is 0 Å². The normalized spacial score (nSPS) is 9.89. The van der Waals surface area contributed by atoms with Crippen LogP contribution in [0.1, 0.15) is 90.9 Å². The zero-order valence-corrected chi connectivity index (χ0v) is 15.5. The van der Waals surface area contributed by atoms with E-state index >= 15 is 0 Å². The van der Waals surface area contributed by atoms with Crippen LogP contribution in [-0.2, 0) is 4.79 Å². The van der Waals surface area contributed by atoms with E-state index in [2.05, 4.69) is 13.8 Å². The molecular formula is C16H33NaO2. The SMILES string of the molecule is CCCCCCCCCC(=O)O.CCCCC[CH2][Na]. The van der Waals surface area contributed by atoms with Crippen molar-refractivity contribution in [3.05, 3.63) is 0 Å². The fourth-order valence-corrected chi connectivity index (χ4v) is 2.41. The third-order valence-electron chi connectivity index (χ3n) is 3.20. The number of rotatable bonds is 12. The van der Waals surface area contributed by atoms with Gasteiger partial charge in [0.2, 0.25) is 0 Å². The monoisotopic (exact) mass is 280 g/mol. The first-order valence-electron chi connectivity index (χ1n) is 8.40. The molecule has 0 fully saturated rings. The van der Waals surface area contributed by atoms with Gasteiger partial charge in [0.05, 0.1) is 0 Å². The van der Waals surface area contributed by atoms with E-state index in [0.29, 0.717) is 6.42 Å². The average Bonchev–Trinajstić information content (AvgIpc) is 2.39. The molecule has 0 heterocycles. The summed E-state index contributed by atoms with van der Waals surface area (Å²) in [5.41, 5.74) is 0. The number of carbonyl (C=O) groups is 1. The summed E-state index contributed by atoms with van der Waals surface area (Å²) in [6.45, 7) is 4.46. The summed E-state index contributed by atoms with van der Waals surface area (Å²) >= 11 is 1.41. The molecule has 0 saturated heterocycles. The maximum absolute atomic E-state index is 10.1. The van der Waals surface area contributed by atoms with Gasteiger partial charge in [0, 0.05) is 6.42 Å².